The number of aliphatic hydroxyl groups excluding tert-OH is 1. The second kappa shape index (κ2) is 7.25. The molecule has 0 aliphatic rings. The molecule has 1 N–H and O–H groups in total. The smallest absolute Gasteiger partial charge is 0.151 e. The average Bonchev–Trinajstić information content (AvgIpc) is 2.09. The van der Waals surface area contributed by atoms with E-state index in [2.05, 4.69) is 4.74 Å². The molecule has 62 valence electrons. The van der Waals surface area contributed by atoms with Gasteiger partial charge in [0.25, 0.3) is 0 Å². The Balaban J connectivity index is 0.000000187. The summed E-state index contributed by atoms with van der Waals surface area (Å²) in [7, 11) is 1.45. The van der Waals surface area contributed by atoms with Crippen molar-refractivity contribution in [3.8, 4) is 0 Å². The van der Waals surface area contributed by atoms with Crippen molar-refractivity contribution in [2.24, 2.45) is 0 Å². The second-order valence-corrected chi connectivity index (χ2v) is 1.99. The number of rotatable bonds is 1. The number of methoxy groups -OCH3 is 1. The summed E-state index contributed by atoms with van der Waals surface area (Å²) in [5.74, 6) is 0. The Morgan fingerprint density at radius 2 is 1.18 bits per heavy atom. The van der Waals surface area contributed by atoms with Gasteiger partial charge in [0.15, 0.2) is 6.29 Å². The van der Waals surface area contributed by atoms with Crippen LogP contribution in [0.2, 0.25) is 0 Å². The molecule has 1 aromatic carbocycles. The zero-order valence-electron chi connectivity index (χ0n) is 6.90. The fraction of sp³-hybridized carbons (Fsp3) is 0.333. The lowest BCUT2D eigenvalue weighted by atomic mass is 10.4. The van der Waals surface area contributed by atoms with Crippen molar-refractivity contribution in [3.05, 3.63) is 36.4 Å². The first-order valence-electron chi connectivity index (χ1n) is 3.48. The fourth-order valence-corrected chi connectivity index (χ4v) is 0.385. The van der Waals surface area contributed by atoms with E-state index in [4.69, 9.17) is 5.11 Å². The van der Waals surface area contributed by atoms with Gasteiger partial charge < -0.3 is 9.84 Å². The van der Waals surface area contributed by atoms with E-state index in [1.165, 1.54) is 7.11 Å². The summed E-state index contributed by atoms with van der Waals surface area (Å²) in [5.41, 5.74) is 0. The molecule has 1 aromatic rings. The van der Waals surface area contributed by atoms with Crippen LogP contribution in [0.25, 0.3) is 0 Å². The van der Waals surface area contributed by atoms with Crippen molar-refractivity contribution in [3.63, 3.8) is 0 Å². The molecule has 0 radical (unpaired) electrons. The molecule has 0 amide bonds. The summed E-state index contributed by atoms with van der Waals surface area (Å²) >= 11 is 0. The minimum atomic E-state index is -0.616. The summed E-state index contributed by atoms with van der Waals surface area (Å²) < 4.78 is 4.31. The van der Waals surface area contributed by atoms with E-state index in [9.17, 15) is 0 Å². The van der Waals surface area contributed by atoms with Gasteiger partial charge in [-0.2, -0.15) is 0 Å². The van der Waals surface area contributed by atoms with Crippen LogP contribution in [0.1, 0.15) is 6.92 Å². The Hall–Kier alpha value is -0.860. The van der Waals surface area contributed by atoms with Crippen molar-refractivity contribution >= 4 is 0 Å². The molecule has 1 atom stereocenters. The van der Waals surface area contributed by atoms with Gasteiger partial charge >= 0.3 is 0 Å². The Kier molecular flexibility index (Phi) is 6.68. The van der Waals surface area contributed by atoms with Crippen molar-refractivity contribution in [1.29, 1.82) is 0 Å². The largest absolute Gasteiger partial charge is 0.368 e. The minimum absolute atomic E-state index is 0.616. The fourth-order valence-electron chi connectivity index (χ4n) is 0.385. The normalized spacial score (nSPS) is 11.2. The highest BCUT2D eigenvalue weighted by Gasteiger charge is 1.80. The second-order valence-electron chi connectivity index (χ2n) is 1.99. The van der Waals surface area contributed by atoms with Gasteiger partial charge in [-0.25, -0.2) is 0 Å². The van der Waals surface area contributed by atoms with Crippen molar-refractivity contribution < 1.29 is 9.84 Å². The number of hydrogen-bond acceptors (Lipinski definition) is 2. The van der Waals surface area contributed by atoms with Crippen LogP contribution in [0.4, 0.5) is 0 Å². The lowest BCUT2D eigenvalue weighted by Gasteiger charge is -1.94. The monoisotopic (exact) mass is 154 g/mol. The lowest BCUT2D eigenvalue weighted by Crippen LogP contribution is -1.99. The van der Waals surface area contributed by atoms with Crippen LogP contribution < -0.4 is 0 Å². The van der Waals surface area contributed by atoms with E-state index in [1.54, 1.807) is 6.92 Å². The Bertz CT molecular complexity index is 122. The molecule has 0 saturated carbocycles. The van der Waals surface area contributed by atoms with Gasteiger partial charge in [-0.15, -0.1) is 0 Å². The van der Waals surface area contributed by atoms with E-state index in [1.807, 2.05) is 36.4 Å². The molecule has 0 bridgehead atoms. The summed E-state index contributed by atoms with van der Waals surface area (Å²) in [4.78, 5) is 0. The molecule has 11 heavy (non-hydrogen) atoms. The molecule has 0 saturated heterocycles. The molecule has 0 aliphatic carbocycles. The Morgan fingerprint density at radius 3 is 1.27 bits per heavy atom. The molecule has 0 aliphatic heterocycles. The number of ether oxygens (including phenoxy) is 1. The standard InChI is InChI=1S/C6H6.C3H8O2/c1-2-4-6-5-3-1;1-3(4)5-2/h1-6H;3-4H,1-2H3. The minimum Gasteiger partial charge on any atom is -0.368 e. The maximum Gasteiger partial charge on any atom is 0.151 e. The predicted octanol–water partition coefficient (Wildman–Crippen LogP) is 1.66. The summed E-state index contributed by atoms with van der Waals surface area (Å²) in [5, 5.41) is 8.14. The quantitative estimate of drug-likeness (QED) is 0.623. The SMILES string of the molecule is COC(C)O.c1ccccc1. The lowest BCUT2D eigenvalue weighted by molar-refractivity contribution is -0.0583. The molecule has 0 spiro atoms. The molecule has 2 heteroatoms. The van der Waals surface area contributed by atoms with Crippen molar-refractivity contribution in [2.45, 2.75) is 13.2 Å². The molecule has 1 rings (SSSR count). The van der Waals surface area contributed by atoms with E-state index in [0.717, 1.165) is 0 Å². The number of hydrogen-bond donors (Lipinski definition) is 1. The van der Waals surface area contributed by atoms with Gasteiger partial charge in [0.1, 0.15) is 0 Å². The van der Waals surface area contributed by atoms with E-state index < -0.39 is 6.29 Å². The van der Waals surface area contributed by atoms with Crippen LogP contribution in [0.15, 0.2) is 36.4 Å². The van der Waals surface area contributed by atoms with Crippen LogP contribution in [0.5, 0.6) is 0 Å². The van der Waals surface area contributed by atoms with Crippen LogP contribution in [-0.2, 0) is 4.74 Å². The zero-order chi connectivity index (χ0) is 8.53. The van der Waals surface area contributed by atoms with Gasteiger partial charge in [0, 0.05) is 7.11 Å². The molecular formula is C9H14O2. The van der Waals surface area contributed by atoms with Gasteiger partial charge in [-0.1, -0.05) is 36.4 Å². The summed E-state index contributed by atoms with van der Waals surface area (Å²) in [6.45, 7) is 1.56. The number of benzene rings is 1. The molecule has 0 aromatic heterocycles. The van der Waals surface area contributed by atoms with Gasteiger partial charge in [-0.05, 0) is 6.92 Å². The molecule has 0 fully saturated rings. The average molecular weight is 154 g/mol. The Labute approximate surface area is 67.4 Å². The van der Waals surface area contributed by atoms with Crippen LogP contribution >= 0.6 is 0 Å². The van der Waals surface area contributed by atoms with Crippen LogP contribution in [0, 0.1) is 0 Å². The highest BCUT2D eigenvalue weighted by Crippen LogP contribution is 1.79. The van der Waals surface area contributed by atoms with Crippen LogP contribution in [-0.4, -0.2) is 18.5 Å². The first kappa shape index (κ1) is 10.1. The summed E-state index contributed by atoms with van der Waals surface area (Å²) in [6, 6.07) is 12.0. The maximum atomic E-state index is 8.14. The zero-order valence-corrected chi connectivity index (χ0v) is 6.90. The molecular weight excluding hydrogens is 140 g/mol. The van der Waals surface area contributed by atoms with Gasteiger partial charge in [-0.3, -0.25) is 0 Å². The van der Waals surface area contributed by atoms with E-state index in [-0.39, 0.29) is 0 Å². The van der Waals surface area contributed by atoms with Crippen molar-refractivity contribution in [1.82, 2.24) is 0 Å². The third-order valence-corrected chi connectivity index (χ3v) is 1.01. The molecule has 1 unspecified atom stereocenters. The third-order valence-electron chi connectivity index (χ3n) is 1.01. The predicted molar refractivity (Wildman–Crippen MR) is 45.1 cm³/mol. The highest BCUT2D eigenvalue weighted by molar-refractivity contribution is 4.99. The maximum absolute atomic E-state index is 8.14. The van der Waals surface area contributed by atoms with Gasteiger partial charge in [0.2, 0.25) is 0 Å². The summed E-state index contributed by atoms with van der Waals surface area (Å²) in [6.07, 6.45) is -0.616. The van der Waals surface area contributed by atoms with Crippen molar-refractivity contribution in [2.75, 3.05) is 7.11 Å². The number of aliphatic hydroxyl groups is 1. The molecule has 0 heterocycles. The highest BCUT2D eigenvalue weighted by atomic mass is 16.6. The third kappa shape index (κ3) is 9.14. The Morgan fingerprint density at radius 1 is 1.00 bits per heavy atom. The van der Waals surface area contributed by atoms with E-state index in [0.29, 0.717) is 0 Å². The topological polar surface area (TPSA) is 29.5 Å². The first-order valence-corrected chi connectivity index (χ1v) is 3.48. The van der Waals surface area contributed by atoms with Crippen LogP contribution in [0.3, 0.4) is 0 Å². The molecule has 2 nitrogen and oxygen atoms in total. The van der Waals surface area contributed by atoms with Gasteiger partial charge in [0.05, 0.1) is 0 Å². The first-order chi connectivity index (χ1) is 5.27. The van der Waals surface area contributed by atoms with E-state index >= 15 is 0 Å².